The van der Waals surface area contributed by atoms with Crippen molar-refractivity contribution < 1.29 is 13.2 Å². The van der Waals surface area contributed by atoms with Crippen molar-refractivity contribution in [3.63, 3.8) is 0 Å². The molecule has 1 aliphatic heterocycles. The molecular formula is C21H25ClN2O3S. The maximum Gasteiger partial charge on any atom is 0.243 e. The van der Waals surface area contributed by atoms with Gasteiger partial charge in [0.15, 0.2) is 0 Å². The summed E-state index contributed by atoms with van der Waals surface area (Å²) >= 11 is 5.88. The number of benzene rings is 2. The van der Waals surface area contributed by atoms with E-state index in [1.54, 1.807) is 12.1 Å². The van der Waals surface area contributed by atoms with Crippen LogP contribution in [0.4, 0.5) is 5.69 Å². The SMILES string of the molecule is CCc1cccc(CC)c1NC(=O)C1CCCN1S(=O)(=O)c1ccc(Cl)cc1. The van der Waals surface area contributed by atoms with Gasteiger partial charge in [0.25, 0.3) is 0 Å². The summed E-state index contributed by atoms with van der Waals surface area (Å²) in [6.07, 6.45) is 2.75. The van der Waals surface area contributed by atoms with Gasteiger partial charge in [0.1, 0.15) is 6.04 Å². The van der Waals surface area contributed by atoms with Crippen LogP contribution >= 0.6 is 11.6 Å². The van der Waals surface area contributed by atoms with Crippen LogP contribution in [-0.2, 0) is 27.7 Å². The Hall–Kier alpha value is -1.89. The van der Waals surface area contributed by atoms with Crippen LogP contribution in [0.25, 0.3) is 0 Å². The molecule has 1 unspecified atom stereocenters. The Morgan fingerprint density at radius 3 is 2.29 bits per heavy atom. The third kappa shape index (κ3) is 4.09. The molecule has 1 saturated heterocycles. The van der Waals surface area contributed by atoms with Gasteiger partial charge in [-0.2, -0.15) is 4.31 Å². The van der Waals surface area contributed by atoms with E-state index in [2.05, 4.69) is 5.32 Å². The molecule has 0 aromatic heterocycles. The minimum Gasteiger partial charge on any atom is -0.324 e. The number of aryl methyl sites for hydroxylation is 2. The van der Waals surface area contributed by atoms with Crippen LogP contribution in [0, 0.1) is 0 Å². The van der Waals surface area contributed by atoms with Crippen molar-refractivity contribution in [2.75, 3.05) is 11.9 Å². The molecule has 150 valence electrons. The topological polar surface area (TPSA) is 66.5 Å². The van der Waals surface area contributed by atoms with Gasteiger partial charge < -0.3 is 5.32 Å². The van der Waals surface area contributed by atoms with Crippen LogP contribution in [0.1, 0.15) is 37.8 Å². The normalized spacial score (nSPS) is 17.6. The zero-order valence-electron chi connectivity index (χ0n) is 16.1. The molecule has 1 aliphatic rings. The molecule has 1 atom stereocenters. The van der Waals surface area contributed by atoms with Crippen LogP contribution in [0.15, 0.2) is 47.4 Å². The molecular weight excluding hydrogens is 396 g/mol. The van der Waals surface area contributed by atoms with Crippen molar-refractivity contribution in [3.05, 3.63) is 58.6 Å². The first kappa shape index (κ1) is 20.8. The number of hydrogen-bond acceptors (Lipinski definition) is 3. The van der Waals surface area contributed by atoms with E-state index < -0.39 is 16.1 Å². The third-order valence-electron chi connectivity index (χ3n) is 5.17. The first-order valence-electron chi connectivity index (χ1n) is 9.57. The zero-order chi connectivity index (χ0) is 20.3. The largest absolute Gasteiger partial charge is 0.324 e. The Labute approximate surface area is 171 Å². The van der Waals surface area contributed by atoms with Crippen LogP contribution in [0.2, 0.25) is 5.02 Å². The summed E-state index contributed by atoms with van der Waals surface area (Å²) in [4.78, 5) is 13.2. The van der Waals surface area contributed by atoms with E-state index >= 15 is 0 Å². The van der Waals surface area contributed by atoms with Crippen molar-refractivity contribution in [2.45, 2.75) is 50.5 Å². The number of amides is 1. The summed E-state index contributed by atoms with van der Waals surface area (Å²) in [5.41, 5.74) is 2.92. The van der Waals surface area contributed by atoms with E-state index in [0.717, 1.165) is 29.7 Å². The van der Waals surface area contributed by atoms with Gasteiger partial charge in [0, 0.05) is 17.3 Å². The molecule has 1 amide bonds. The minimum atomic E-state index is -3.76. The fraction of sp³-hybridized carbons (Fsp3) is 0.381. The van der Waals surface area contributed by atoms with Crippen molar-refractivity contribution >= 4 is 33.2 Å². The minimum absolute atomic E-state index is 0.153. The fourth-order valence-electron chi connectivity index (χ4n) is 3.64. The second-order valence-electron chi connectivity index (χ2n) is 6.88. The van der Waals surface area contributed by atoms with Crippen LogP contribution in [0.5, 0.6) is 0 Å². The average molecular weight is 421 g/mol. The molecule has 28 heavy (non-hydrogen) atoms. The van der Waals surface area contributed by atoms with Crippen molar-refractivity contribution in [1.82, 2.24) is 4.31 Å². The number of carbonyl (C=O) groups excluding carboxylic acids is 1. The first-order chi connectivity index (χ1) is 13.4. The highest BCUT2D eigenvalue weighted by Crippen LogP contribution is 2.29. The van der Waals surface area contributed by atoms with Crippen LogP contribution in [-0.4, -0.2) is 31.2 Å². The van der Waals surface area contributed by atoms with Crippen molar-refractivity contribution in [2.24, 2.45) is 0 Å². The lowest BCUT2D eigenvalue weighted by atomic mass is 10.0. The highest BCUT2D eigenvalue weighted by Gasteiger charge is 2.39. The zero-order valence-corrected chi connectivity index (χ0v) is 17.7. The third-order valence-corrected chi connectivity index (χ3v) is 7.35. The maximum atomic E-state index is 13.1. The number of rotatable bonds is 6. The fourth-order valence-corrected chi connectivity index (χ4v) is 5.42. The Kier molecular flexibility index (Phi) is 6.43. The number of anilines is 1. The molecule has 2 aromatic rings. The van der Waals surface area contributed by atoms with Gasteiger partial charge in [0.2, 0.25) is 15.9 Å². The molecule has 5 nitrogen and oxygen atoms in total. The number of para-hydroxylation sites is 1. The van der Waals surface area contributed by atoms with Crippen molar-refractivity contribution in [1.29, 1.82) is 0 Å². The van der Waals surface area contributed by atoms with Gasteiger partial charge in [0.05, 0.1) is 4.90 Å². The summed E-state index contributed by atoms with van der Waals surface area (Å²) in [5, 5.41) is 3.49. The Balaban J connectivity index is 1.87. The molecule has 3 rings (SSSR count). The quantitative estimate of drug-likeness (QED) is 0.759. The summed E-state index contributed by atoms with van der Waals surface area (Å²) < 4.78 is 27.4. The van der Waals surface area contributed by atoms with Crippen LogP contribution < -0.4 is 5.32 Å². The van der Waals surface area contributed by atoms with E-state index in [1.807, 2.05) is 32.0 Å². The molecule has 1 heterocycles. The highest BCUT2D eigenvalue weighted by molar-refractivity contribution is 7.89. The maximum absolute atomic E-state index is 13.1. The van der Waals surface area contributed by atoms with E-state index in [9.17, 15) is 13.2 Å². The first-order valence-corrected chi connectivity index (χ1v) is 11.4. The second kappa shape index (κ2) is 8.64. The van der Waals surface area contributed by atoms with Crippen molar-refractivity contribution in [3.8, 4) is 0 Å². The van der Waals surface area contributed by atoms with Gasteiger partial charge >= 0.3 is 0 Å². The lowest BCUT2D eigenvalue weighted by Crippen LogP contribution is -2.43. The predicted molar refractivity (Wildman–Crippen MR) is 112 cm³/mol. The Morgan fingerprint density at radius 1 is 1.11 bits per heavy atom. The molecule has 0 spiro atoms. The summed E-state index contributed by atoms with van der Waals surface area (Å²) in [5.74, 6) is -0.273. The molecule has 1 N–H and O–H groups in total. The molecule has 0 aliphatic carbocycles. The molecule has 2 aromatic carbocycles. The summed E-state index contributed by atoms with van der Waals surface area (Å²) in [7, 11) is -3.76. The molecule has 0 saturated carbocycles. The van der Waals surface area contributed by atoms with E-state index in [4.69, 9.17) is 11.6 Å². The number of carbonyl (C=O) groups is 1. The lowest BCUT2D eigenvalue weighted by Gasteiger charge is -2.24. The van der Waals surface area contributed by atoms with E-state index in [0.29, 0.717) is 24.4 Å². The predicted octanol–water partition coefficient (Wildman–Crippen LogP) is 4.26. The van der Waals surface area contributed by atoms with Crippen LogP contribution in [0.3, 0.4) is 0 Å². The van der Waals surface area contributed by atoms with Gasteiger partial charge in [-0.25, -0.2) is 8.42 Å². The summed E-state index contributed by atoms with van der Waals surface area (Å²) in [6.45, 7) is 4.41. The molecule has 0 bridgehead atoms. The number of hydrogen-bond donors (Lipinski definition) is 1. The number of sulfonamides is 1. The lowest BCUT2D eigenvalue weighted by molar-refractivity contribution is -0.119. The highest BCUT2D eigenvalue weighted by atomic mass is 35.5. The second-order valence-corrected chi connectivity index (χ2v) is 9.20. The number of halogens is 1. The van der Waals surface area contributed by atoms with Gasteiger partial charge in [-0.05, 0) is 61.1 Å². The number of nitrogens with one attached hydrogen (secondary N) is 1. The van der Waals surface area contributed by atoms with Gasteiger partial charge in [-0.3, -0.25) is 4.79 Å². The molecule has 7 heteroatoms. The summed E-state index contributed by atoms with van der Waals surface area (Å²) in [6, 6.07) is 11.3. The van der Waals surface area contributed by atoms with E-state index in [1.165, 1.54) is 16.4 Å². The standard InChI is InChI=1S/C21H25ClN2O3S/c1-3-15-7-5-8-16(4-2)20(15)23-21(25)19-9-6-14-24(19)28(26,27)18-12-10-17(22)11-13-18/h5,7-8,10-13,19H,3-4,6,9,14H2,1-2H3,(H,23,25). The Morgan fingerprint density at radius 2 is 1.71 bits per heavy atom. The Bertz CT molecular complexity index is 936. The van der Waals surface area contributed by atoms with E-state index in [-0.39, 0.29) is 10.8 Å². The molecule has 1 fully saturated rings. The average Bonchev–Trinajstić information content (AvgIpc) is 3.19. The monoisotopic (exact) mass is 420 g/mol. The number of nitrogens with zero attached hydrogens (tertiary/aromatic N) is 1. The molecule has 0 radical (unpaired) electrons. The smallest absolute Gasteiger partial charge is 0.243 e. The van der Waals surface area contributed by atoms with Gasteiger partial charge in [-0.15, -0.1) is 0 Å². The van der Waals surface area contributed by atoms with Gasteiger partial charge in [-0.1, -0.05) is 43.6 Å².